The molecule has 0 saturated heterocycles. The van der Waals surface area contributed by atoms with E-state index in [4.69, 9.17) is 9.47 Å². The first-order valence-corrected chi connectivity index (χ1v) is 9.90. The van der Waals surface area contributed by atoms with Crippen molar-refractivity contribution in [3.8, 4) is 23.1 Å². The average Bonchev–Trinajstić information content (AvgIpc) is 3.12. The summed E-state index contributed by atoms with van der Waals surface area (Å²) in [6.07, 6.45) is 2.97. The van der Waals surface area contributed by atoms with E-state index in [2.05, 4.69) is 15.4 Å². The number of nitrogens with zero attached hydrogens (tertiary/aromatic N) is 3. The van der Waals surface area contributed by atoms with Gasteiger partial charge in [-0.05, 0) is 55.3 Å². The van der Waals surface area contributed by atoms with Crippen LogP contribution in [0.4, 0.5) is 10.1 Å². The summed E-state index contributed by atoms with van der Waals surface area (Å²) in [6.45, 7) is 0.712. The van der Waals surface area contributed by atoms with Gasteiger partial charge in [0.05, 0.1) is 12.3 Å². The summed E-state index contributed by atoms with van der Waals surface area (Å²) in [6, 6.07) is 13.6. The van der Waals surface area contributed by atoms with Gasteiger partial charge in [0.25, 0.3) is 0 Å². The molecule has 2 aromatic carbocycles. The Bertz CT molecular complexity index is 1020. The number of carbonyl (C=O) groups excluding carboxylic acids is 1. The van der Waals surface area contributed by atoms with Crippen molar-refractivity contribution in [1.29, 1.82) is 0 Å². The Balaban J connectivity index is 1.65. The third kappa shape index (κ3) is 4.49. The van der Waals surface area contributed by atoms with E-state index in [0.717, 1.165) is 19.3 Å². The summed E-state index contributed by atoms with van der Waals surface area (Å²) in [5.74, 6) is 0.307. The van der Waals surface area contributed by atoms with Crippen LogP contribution in [0.3, 0.4) is 0 Å². The number of methoxy groups -OCH3 is 1. The standard InChI is InChI=1S/C22H23FN4O3/c1-29-12-13-30-22-25-20(15-8-10-17(23)11-9-15)27(26-22)19-7-3-6-18(14-19)24-21(28)16-4-2-5-16/h3,6-11,14,16H,2,4-5,12-13H2,1H3,(H,24,28). The SMILES string of the molecule is COCCOc1nc(-c2ccc(F)cc2)n(-c2cccc(NC(=O)C3CCC3)c2)n1. The molecule has 1 amide bonds. The Morgan fingerprint density at radius 1 is 1.20 bits per heavy atom. The van der Waals surface area contributed by atoms with Gasteiger partial charge in [0.1, 0.15) is 12.4 Å². The minimum absolute atomic E-state index is 0.0411. The minimum atomic E-state index is -0.331. The first-order valence-electron chi connectivity index (χ1n) is 9.90. The zero-order valence-electron chi connectivity index (χ0n) is 16.7. The lowest BCUT2D eigenvalue weighted by Crippen LogP contribution is -2.28. The molecule has 1 fully saturated rings. The smallest absolute Gasteiger partial charge is 0.336 e. The van der Waals surface area contributed by atoms with Crippen LogP contribution >= 0.6 is 0 Å². The summed E-state index contributed by atoms with van der Waals surface area (Å²) in [5.41, 5.74) is 2.08. The van der Waals surface area contributed by atoms with Gasteiger partial charge in [-0.3, -0.25) is 4.79 Å². The molecule has 4 rings (SSSR count). The fourth-order valence-corrected chi connectivity index (χ4v) is 3.17. The molecule has 1 aliphatic rings. The summed E-state index contributed by atoms with van der Waals surface area (Å²) < 4.78 is 25.6. The highest BCUT2D eigenvalue weighted by atomic mass is 19.1. The average molecular weight is 410 g/mol. The van der Waals surface area contributed by atoms with E-state index >= 15 is 0 Å². The topological polar surface area (TPSA) is 78.3 Å². The quantitative estimate of drug-likeness (QED) is 0.571. The van der Waals surface area contributed by atoms with Gasteiger partial charge >= 0.3 is 6.01 Å². The van der Waals surface area contributed by atoms with Gasteiger partial charge in [-0.1, -0.05) is 12.5 Å². The molecule has 1 saturated carbocycles. The molecular weight excluding hydrogens is 387 g/mol. The number of amides is 1. The predicted octanol–water partition coefficient (Wildman–Crippen LogP) is 3.84. The number of hydrogen-bond donors (Lipinski definition) is 1. The number of hydrogen-bond acceptors (Lipinski definition) is 5. The number of benzene rings is 2. The summed E-state index contributed by atoms with van der Waals surface area (Å²) >= 11 is 0. The fraction of sp³-hybridized carbons (Fsp3) is 0.318. The van der Waals surface area contributed by atoms with E-state index in [1.54, 1.807) is 23.9 Å². The van der Waals surface area contributed by atoms with Gasteiger partial charge in [0.15, 0.2) is 5.82 Å². The van der Waals surface area contributed by atoms with Crippen LogP contribution in [0.15, 0.2) is 48.5 Å². The second-order valence-corrected chi connectivity index (χ2v) is 7.15. The van der Waals surface area contributed by atoms with Crippen LogP contribution in [0.25, 0.3) is 17.1 Å². The molecule has 0 aliphatic heterocycles. The third-order valence-corrected chi connectivity index (χ3v) is 5.04. The third-order valence-electron chi connectivity index (χ3n) is 5.04. The molecule has 3 aromatic rings. The van der Waals surface area contributed by atoms with Crippen molar-refractivity contribution in [3.05, 3.63) is 54.3 Å². The molecule has 0 radical (unpaired) electrons. The number of anilines is 1. The van der Waals surface area contributed by atoms with Crippen molar-refractivity contribution in [2.24, 2.45) is 5.92 Å². The van der Waals surface area contributed by atoms with Crippen molar-refractivity contribution in [3.63, 3.8) is 0 Å². The Kier molecular flexibility index (Phi) is 6.04. The van der Waals surface area contributed by atoms with Crippen molar-refractivity contribution in [2.45, 2.75) is 19.3 Å². The van der Waals surface area contributed by atoms with Crippen LogP contribution in [0.1, 0.15) is 19.3 Å². The zero-order chi connectivity index (χ0) is 20.9. The van der Waals surface area contributed by atoms with Crippen LogP contribution in [-0.2, 0) is 9.53 Å². The van der Waals surface area contributed by atoms with Crippen LogP contribution in [0.5, 0.6) is 6.01 Å². The lowest BCUT2D eigenvalue weighted by atomic mass is 9.85. The van der Waals surface area contributed by atoms with Gasteiger partial charge in [-0.15, -0.1) is 5.10 Å². The molecular formula is C22H23FN4O3. The summed E-state index contributed by atoms with van der Waals surface area (Å²) in [7, 11) is 1.59. The van der Waals surface area contributed by atoms with E-state index in [0.29, 0.717) is 36.0 Å². The van der Waals surface area contributed by atoms with E-state index in [9.17, 15) is 9.18 Å². The highest BCUT2D eigenvalue weighted by Crippen LogP contribution is 2.29. The first-order chi connectivity index (χ1) is 14.6. The maximum Gasteiger partial charge on any atom is 0.336 e. The molecule has 1 aromatic heterocycles. The van der Waals surface area contributed by atoms with Crippen LogP contribution in [0.2, 0.25) is 0 Å². The predicted molar refractivity (Wildman–Crippen MR) is 110 cm³/mol. The lowest BCUT2D eigenvalue weighted by molar-refractivity contribution is -0.122. The fourth-order valence-electron chi connectivity index (χ4n) is 3.17. The molecule has 0 spiro atoms. The Labute approximate surface area is 173 Å². The molecule has 0 unspecified atom stereocenters. The molecule has 0 atom stereocenters. The minimum Gasteiger partial charge on any atom is -0.460 e. The van der Waals surface area contributed by atoms with Crippen LogP contribution < -0.4 is 10.1 Å². The van der Waals surface area contributed by atoms with Gasteiger partial charge < -0.3 is 14.8 Å². The number of carbonyl (C=O) groups is 1. The lowest BCUT2D eigenvalue weighted by Gasteiger charge is -2.24. The van der Waals surface area contributed by atoms with Gasteiger partial charge in [0, 0.05) is 24.3 Å². The van der Waals surface area contributed by atoms with Gasteiger partial charge in [0.2, 0.25) is 5.91 Å². The van der Waals surface area contributed by atoms with Crippen molar-refractivity contribution < 1.29 is 18.7 Å². The maximum absolute atomic E-state index is 13.4. The first kappa shape index (κ1) is 20.0. The van der Waals surface area contributed by atoms with E-state index in [1.807, 2.05) is 24.3 Å². The van der Waals surface area contributed by atoms with Crippen molar-refractivity contribution in [1.82, 2.24) is 14.8 Å². The number of aromatic nitrogens is 3. The summed E-state index contributed by atoms with van der Waals surface area (Å²) in [5, 5.41) is 7.43. The number of ether oxygens (including phenoxy) is 2. The highest BCUT2D eigenvalue weighted by molar-refractivity contribution is 5.93. The molecule has 1 aliphatic carbocycles. The largest absolute Gasteiger partial charge is 0.460 e. The molecule has 1 N–H and O–H groups in total. The summed E-state index contributed by atoms with van der Waals surface area (Å²) in [4.78, 5) is 16.8. The monoisotopic (exact) mass is 410 g/mol. The second-order valence-electron chi connectivity index (χ2n) is 7.15. The number of nitrogens with one attached hydrogen (secondary N) is 1. The Morgan fingerprint density at radius 2 is 2.00 bits per heavy atom. The molecule has 0 bridgehead atoms. The maximum atomic E-state index is 13.4. The zero-order valence-corrected chi connectivity index (χ0v) is 16.7. The second kappa shape index (κ2) is 9.04. The van der Waals surface area contributed by atoms with Crippen molar-refractivity contribution >= 4 is 11.6 Å². The normalized spacial score (nSPS) is 13.7. The molecule has 1 heterocycles. The molecule has 156 valence electrons. The van der Waals surface area contributed by atoms with E-state index < -0.39 is 0 Å². The number of rotatable bonds is 8. The van der Waals surface area contributed by atoms with Crippen LogP contribution in [-0.4, -0.2) is 41.0 Å². The highest BCUT2D eigenvalue weighted by Gasteiger charge is 2.25. The van der Waals surface area contributed by atoms with Gasteiger partial charge in [-0.2, -0.15) is 4.98 Å². The number of halogens is 1. The Morgan fingerprint density at radius 3 is 2.70 bits per heavy atom. The van der Waals surface area contributed by atoms with Gasteiger partial charge in [-0.25, -0.2) is 9.07 Å². The molecule has 7 nitrogen and oxygen atoms in total. The molecule has 8 heteroatoms. The molecule has 30 heavy (non-hydrogen) atoms. The van der Waals surface area contributed by atoms with E-state index in [1.165, 1.54) is 12.1 Å². The van der Waals surface area contributed by atoms with E-state index in [-0.39, 0.29) is 23.7 Å². The Hall–Kier alpha value is -3.26. The van der Waals surface area contributed by atoms with Crippen molar-refractivity contribution in [2.75, 3.05) is 25.6 Å². The van der Waals surface area contributed by atoms with Crippen LogP contribution in [0, 0.1) is 11.7 Å².